The lowest BCUT2D eigenvalue weighted by atomic mass is 10.0. The summed E-state index contributed by atoms with van der Waals surface area (Å²) in [5, 5.41) is 120. The van der Waals surface area contributed by atoms with Crippen molar-refractivity contribution < 1.29 is 146 Å². The molecule has 51 nitrogen and oxygen atoms in total. The number of hydrogen-bond acceptors (Lipinski definition) is 35. The number of nitrogens with zero attached hydrogens (tertiary/aromatic N) is 5. The Morgan fingerprint density at radius 1 is 0.473 bits per heavy atom. The van der Waals surface area contributed by atoms with Gasteiger partial charge in [0, 0.05) is 129 Å². The summed E-state index contributed by atoms with van der Waals surface area (Å²) >= 11 is 2.16. The van der Waals surface area contributed by atoms with E-state index >= 15 is 43.2 Å². The molecule has 3 aromatic carbocycles. The molecular weight excluding hydrogens is 2170 g/mol. The minimum Gasteiger partial charge on any atom is -0.508 e. The van der Waals surface area contributed by atoms with E-state index in [1.807, 2.05) is 24.3 Å². The molecule has 15 atom stereocenters. The van der Waals surface area contributed by atoms with Gasteiger partial charge in [-0.3, -0.25) is 120 Å². The van der Waals surface area contributed by atoms with Crippen molar-refractivity contribution in [1.82, 2.24) is 104 Å². The lowest BCUT2D eigenvalue weighted by Gasteiger charge is -2.33. The number of primary amides is 1. The first-order chi connectivity index (χ1) is 70.3. The number of aryl methyl sites for hydroxylation is 1. The SMILES string of the molecule is C[C@@H]1NC(=O)[C@@H]2CCCN2C(=O)[C@H](CC(N)=O)NC(=O)[C@@H]2CSSC[C@H](NC(=O)[C@H](CCCNC(=O)CCCc3ccc(I)cc3)NC(=O)CN3CCN(CC(=O)O)CCN(CC(=O)O)CCN(CC(=O)O)CC3)C(=O)N[C@H]3CSSC[C@H](NC1=O)C(=O)N[C@@H]([C@@H](C)O)C(=O)NCC(=O)N[C@H](C(=O)N[C@@H](Cc1ccc(O)cc1)C(=O)O)CSSC[C@H](NC(=O)[C@H](Cc1ccc(O)cc1)NC(=O)[C@H](CCC(=O)O)NC3=O)C(=O)N2. The Kier molecular flexibility index (Phi) is 50.9. The van der Waals surface area contributed by atoms with Gasteiger partial charge in [0.15, 0.2) is 0 Å². The molecule has 8 rings (SSSR count). The number of phenolic OH excluding ortho intramolecular Hbond substituents is 2. The standard InChI is InChI=1S/C90H124IN21O30S6/c1-48-77(128)102-66-47-148-145-43-62-82(133)98-57(22-23-72(120)121)79(130)99-58(34-51-12-18-54(114)19-13-51)80(131)104-65(46-144-143-42-61(97-70(118)37-94-88(139)76(49(2)113)107-86(66)137)81(132)101-60(90(141)142)35-52-14-20-55(115)21-15-52)85(136)106-63(83(134)100-59(36-68(92)116)89(140)112-25-5-8-67(112)87(138)95-48)44-146-147-45-64(84(135)105-62)103-78(129)56(7-4-24-93-69(117)9-3-6-50-10-16-53(91)17-11-50)96-71(119)38-108-26-28-109(39-73(122)123)30-32-111(41-75(126)127)33-31-110(29-27-108)40-74(124)125/h10-21,48-49,56-67,76,113-115H,3-9,22-47H2,1-2H3,(H2,92,116)(H,93,117)(H,94,139)(H,95,138)(H,96,119)(H,97,118)(H,98,133)(H,99,130)(H,100,134)(H,101,132)(H,102,128)(H,103,129)(H,104,131)(H,105,135)(H,106,136)(H,107,137)(H,120,121)(H,122,123)(H,124,125)(H,126,127)(H,141,142)/t48-,49+,56-,57-,58-,59-,60-,61-,62-,63-,64-,65-,66-,67-,76-/m0/s1. The number of fused-ring (bicyclic) bond motifs is 20. The van der Waals surface area contributed by atoms with Gasteiger partial charge in [-0.15, -0.1) is 0 Å². The van der Waals surface area contributed by atoms with E-state index in [0.717, 1.165) is 27.9 Å². The molecule has 5 heterocycles. The number of nitrogens with one attached hydrogen (secondary N) is 15. The Hall–Kier alpha value is -11.8. The van der Waals surface area contributed by atoms with E-state index in [9.17, 15) is 103 Å². The summed E-state index contributed by atoms with van der Waals surface area (Å²) in [7, 11) is 3.95. The summed E-state index contributed by atoms with van der Waals surface area (Å²) in [5.74, 6) is -31.1. The van der Waals surface area contributed by atoms with Gasteiger partial charge in [0.2, 0.25) is 100 Å². The first-order valence-electron chi connectivity index (χ1n) is 47.1. The lowest BCUT2D eigenvalue weighted by Crippen LogP contribution is -2.62. The van der Waals surface area contributed by atoms with Crippen LogP contribution in [0.2, 0.25) is 0 Å². The van der Waals surface area contributed by atoms with Gasteiger partial charge in [-0.1, -0.05) is 101 Å². The molecule has 58 heteroatoms. The molecule has 0 aliphatic carbocycles. The predicted octanol–water partition coefficient (Wildman–Crippen LogP) is -6.30. The van der Waals surface area contributed by atoms with Gasteiger partial charge in [-0.05, 0) is 134 Å². The Morgan fingerprint density at radius 2 is 0.946 bits per heavy atom. The number of halogens is 1. The number of carbonyl (C=O) groups is 22. The number of carboxylic acids is 5. The summed E-state index contributed by atoms with van der Waals surface area (Å²) in [5.41, 5.74) is 7.22. The number of carbonyl (C=O) groups excluding carboxylic acids is 17. The van der Waals surface area contributed by atoms with Crippen LogP contribution >= 0.6 is 87.4 Å². The average molecular weight is 2300 g/mol. The first kappa shape index (κ1) is 121. The van der Waals surface area contributed by atoms with E-state index in [-0.39, 0.29) is 120 Å². The van der Waals surface area contributed by atoms with E-state index < -0.39 is 320 Å². The lowest BCUT2D eigenvalue weighted by molar-refractivity contribution is -0.143. The summed E-state index contributed by atoms with van der Waals surface area (Å²) in [6, 6.07) is -8.59. The van der Waals surface area contributed by atoms with Crippen LogP contribution in [-0.2, 0) is 125 Å². The molecule has 812 valence electrons. The zero-order valence-corrected chi connectivity index (χ0v) is 87.7. The zero-order chi connectivity index (χ0) is 108. The van der Waals surface area contributed by atoms with Gasteiger partial charge in [0.05, 0.1) is 45.2 Å². The molecule has 5 fully saturated rings. The van der Waals surface area contributed by atoms with Crippen LogP contribution in [0, 0.1) is 3.57 Å². The van der Waals surface area contributed by atoms with Crippen molar-refractivity contribution in [3.8, 4) is 11.5 Å². The molecule has 17 amide bonds. The van der Waals surface area contributed by atoms with E-state index in [1.165, 1.54) is 63.2 Å². The average Bonchev–Trinajstić information content (AvgIpc) is 1.65. The Balaban J connectivity index is 1.30. The predicted molar refractivity (Wildman–Crippen MR) is 550 cm³/mol. The van der Waals surface area contributed by atoms with Gasteiger partial charge >= 0.3 is 29.8 Å². The van der Waals surface area contributed by atoms with Gasteiger partial charge in [-0.2, -0.15) is 0 Å². The van der Waals surface area contributed by atoms with Gasteiger partial charge in [-0.25, -0.2) is 4.79 Å². The second-order valence-electron chi connectivity index (χ2n) is 35.3. The second kappa shape index (κ2) is 62.0. The second-order valence-corrected chi connectivity index (χ2v) is 44.2. The van der Waals surface area contributed by atoms with Crippen molar-refractivity contribution in [1.29, 1.82) is 0 Å². The van der Waals surface area contributed by atoms with Gasteiger partial charge < -0.3 is 131 Å². The number of aromatic hydroxyl groups is 2. The molecule has 3 aromatic rings. The molecule has 25 N–H and O–H groups in total. The number of nitrogens with two attached hydrogens (primary N) is 1. The third kappa shape index (κ3) is 42.7. The highest BCUT2D eigenvalue weighted by Crippen LogP contribution is 2.29. The molecule has 0 spiro atoms. The van der Waals surface area contributed by atoms with Crippen LogP contribution in [0.3, 0.4) is 0 Å². The van der Waals surface area contributed by atoms with Crippen LogP contribution < -0.4 is 85.5 Å². The Morgan fingerprint density at radius 3 is 1.47 bits per heavy atom. The minimum atomic E-state index is -2.05. The first-order valence-corrected chi connectivity index (χ1v) is 55.7. The maximum Gasteiger partial charge on any atom is 0.326 e. The number of hydrogen-bond donors (Lipinski definition) is 24. The third-order valence-corrected chi connectivity index (χ3v) is 31.6. The molecule has 0 saturated carbocycles. The smallest absolute Gasteiger partial charge is 0.326 e. The number of benzene rings is 3. The van der Waals surface area contributed by atoms with E-state index in [4.69, 9.17) is 5.73 Å². The highest BCUT2D eigenvalue weighted by atomic mass is 127. The maximum absolute atomic E-state index is 15.9. The molecule has 5 aliphatic heterocycles. The highest BCUT2D eigenvalue weighted by molar-refractivity contribution is 14.1. The van der Waals surface area contributed by atoms with Crippen LogP contribution in [0.15, 0.2) is 72.8 Å². The number of carboxylic acid groups (broad SMARTS) is 5. The number of aliphatic carboxylic acids is 5. The fraction of sp³-hybridized carbons (Fsp3) is 0.556. The molecule has 5 aliphatic rings. The van der Waals surface area contributed by atoms with Crippen LogP contribution in [0.4, 0.5) is 0 Å². The van der Waals surface area contributed by atoms with E-state index in [1.54, 1.807) is 4.90 Å². The molecule has 0 radical (unpaired) electrons. The monoisotopic (exact) mass is 2300 g/mol. The van der Waals surface area contributed by atoms with Crippen LogP contribution in [-0.4, -0.2) is 419 Å². The van der Waals surface area contributed by atoms with Crippen molar-refractivity contribution in [2.45, 2.75) is 182 Å². The zero-order valence-electron chi connectivity index (χ0n) is 80.6. The number of aliphatic hydroxyl groups is 1. The van der Waals surface area contributed by atoms with Crippen LogP contribution in [0.1, 0.15) is 88.3 Å². The molecule has 0 aromatic heterocycles. The van der Waals surface area contributed by atoms with Crippen LogP contribution in [0.5, 0.6) is 11.5 Å². The summed E-state index contributed by atoms with van der Waals surface area (Å²) in [6.45, 7) is -1.68. The fourth-order valence-electron chi connectivity index (χ4n) is 15.6. The fourth-order valence-corrected chi connectivity index (χ4v) is 23.0. The molecule has 0 unspecified atom stereocenters. The van der Waals surface area contributed by atoms with Gasteiger partial charge in [0.25, 0.3) is 0 Å². The molecular formula is C90H124IN21O30S6. The Labute approximate surface area is 886 Å². The Bertz CT molecular complexity index is 5160. The van der Waals surface area contributed by atoms with Crippen molar-refractivity contribution in [2.75, 3.05) is 133 Å². The topological polar surface area (TPSA) is 760 Å². The van der Waals surface area contributed by atoms with E-state index in [2.05, 4.69) is 102 Å². The number of aliphatic hydroxyl groups excluding tert-OH is 1. The molecule has 4 bridgehead atoms. The van der Waals surface area contributed by atoms with Crippen molar-refractivity contribution >= 4 is 218 Å². The minimum absolute atomic E-state index is 0.00749. The summed E-state index contributed by atoms with van der Waals surface area (Å²) in [6.07, 6.45) is -5.10. The van der Waals surface area contributed by atoms with Crippen molar-refractivity contribution in [2.24, 2.45) is 5.73 Å². The normalized spacial score (nSPS) is 24.1. The maximum atomic E-state index is 15.9. The van der Waals surface area contributed by atoms with E-state index in [0.29, 0.717) is 77.6 Å². The largest absolute Gasteiger partial charge is 0.508 e. The van der Waals surface area contributed by atoms with Crippen LogP contribution in [0.25, 0.3) is 0 Å². The summed E-state index contributed by atoms with van der Waals surface area (Å²) in [4.78, 5) is 323. The number of amides is 17. The summed E-state index contributed by atoms with van der Waals surface area (Å²) < 4.78 is 0.988. The molecule has 148 heavy (non-hydrogen) atoms. The quantitative estimate of drug-likeness (QED) is 0.0120. The number of phenols is 2. The van der Waals surface area contributed by atoms with Crippen molar-refractivity contribution in [3.05, 3.63) is 93.1 Å². The molecule has 5 saturated heterocycles. The van der Waals surface area contributed by atoms with Crippen molar-refractivity contribution in [3.63, 3.8) is 0 Å². The third-order valence-electron chi connectivity index (χ3n) is 23.7. The van der Waals surface area contributed by atoms with Gasteiger partial charge in [0.1, 0.15) is 96.1 Å². The number of rotatable bonds is 32. The highest BCUT2D eigenvalue weighted by Gasteiger charge is 2.44.